The highest BCUT2D eigenvalue weighted by atomic mass is 19.1. The van der Waals surface area contributed by atoms with Gasteiger partial charge in [0, 0.05) is 11.8 Å². The summed E-state index contributed by atoms with van der Waals surface area (Å²) in [5, 5.41) is 0. The molecule has 0 aliphatic rings. The third-order valence-electron chi connectivity index (χ3n) is 3.25. The molecule has 5 heteroatoms. The van der Waals surface area contributed by atoms with E-state index in [-0.39, 0.29) is 11.5 Å². The number of nitrogens with two attached hydrogens (primary N) is 1. The van der Waals surface area contributed by atoms with Gasteiger partial charge in [-0.25, -0.2) is 4.39 Å². The summed E-state index contributed by atoms with van der Waals surface area (Å²) in [6.07, 6.45) is 1.52. The number of rotatable bonds is 4. The number of carbonyl (C=O) groups excluding carboxylic acids is 1. The molecule has 0 saturated carbocycles. The van der Waals surface area contributed by atoms with Crippen LogP contribution < -0.4 is 10.5 Å². The summed E-state index contributed by atoms with van der Waals surface area (Å²) in [5.74, 6) is 0.179. The molecule has 0 aliphatic heterocycles. The first-order valence-corrected chi connectivity index (χ1v) is 6.92. The lowest BCUT2D eigenvalue weighted by Crippen LogP contribution is -2.12. The number of ether oxygens (including phenoxy) is 1. The quantitative estimate of drug-likeness (QED) is 0.797. The van der Waals surface area contributed by atoms with E-state index in [1.165, 1.54) is 18.3 Å². The van der Waals surface area contributed by atoms with E-state index in [4.69, 9.17) is 10.5 Å². The summed E-state index contributed by atoms with van der Waals surface area (Å²) in [6, 6.07) is 16.5. The molecule has 114 valence electrons. The first kappa shape index (κ1) is 14.7. The Bertz CT molecular complexity index is 848. The van der Waals surface area contributed by atoms with E-state index in [1.807, 2.05) is 18.2 Å². The van der Waals surface area contributed by atoms with Crippen LogP contribution in [0.1, 0.15) is 10.5 Å². The van der Waals surface area contributed by atoms with Crippen LogP contribution in [0.3, 0.4) is 0 Å². The Kier molecular flexibility index (Phi) is 4.01. The molecule has 3 rings (SSSR count). The Morgan fingerprint density at radius 2 is 1.78 bits per heavy atom. The predicted molar refractivity (Wildman–Crippen MR) is 84.7 cm³/mol. The van der Waals surface area contributed by atoms with E-state index in [0.29, 0.717) is 11.5 Å². The van der Waals surface area contributed by atoms with Crippen LogP contribution in [0.25, 0.3) is 11.1 Å². The predicted octanol–water partition coefficient (Wildman–Crippen LogP) is 3.78. The Hall–Kier alpha value is -3.21. The van der Waals surface area contributed by atoms with Crippen molar-refractivity contribution in [3.63, 3.8) is 0 Å². The average molecular weight is 308 g/mol. The zero-order valence-electron chi connectivity index (χ0n) is 12.1. The van der Waals surface area contributed by atoms with Gasteiger partial charge in [-0.05, 0) is 48.0 Å². The Balaban J connectivity index is 1.99. The zero-order chi connectivity index (χ0) is 16.2. The maximum absolute atomic E-state index is 13.0. The van der Waals surface area contributed by atoms with Gasteiger partial charge in [0.2, 0.25) is 0 Å². The van der Waals surface area contributed by atoms with Crippen molar-refractivity contribution in [1.82, 2.24) is 4.98 Å². The number of pyridine rings is 1. The first-order chi connectivity index (χ1) is 11.1. The summed E-state index contributed by atoms with van der Waals surface area (Å²) >= 11 is 0. The van der Waals surface area contributed by atoms with Crippen molar-refractivity contribution >= 4 is 5.91 Å². The number of benzene rings is 2. The molecule has 0 bridgehead atoms. The smallest absolute Gasteiger partial charge is 0.267 e. The highest BCUT2D eigenvalue weighted by molar-refractivity contribution is 5.92. The van der Waals surface area contributed by atoms with Gasteiger partial charge in [0.15, 0.2) is 0 Å². The fourth-order valence-corrected chi connectivity index (χ4v) is 2.16. The molecule has 0 radical (unpaired) electrons. The van der Waals surface area contributed by atoms with Crippen molar-refractivity contribution in [1.29, 1.82) is 0 Å². The summed E-state index contributed by atoms with van der Waals surface area (Å²) in [7, 11) is 0. The van der Waals surface area contributed by atoms with Gasteiger partial charge in [-0.15, -0.1) is 0 Å². The second-order valence-electron chi connectivity index (χ2n) is 4.85. The molecule has 23 heavy (non-hydrogen) atoms. The molecule has 1 heterocycles. The topological polar surface area (TPSA) is 65.2 Å². The molecule has 1 amide bonds. The lowest BCUT2D eigenvalue weighted by atomic mass is 10.0. The Morgan fingerprint density at radius 3 is 2.52 bits per heavy atom. The number of halogens is 1. The summed E-state index contributed by atoms with van der Waals surface area (Å²) in [4.78, 5) is 15.2. The fourth-order valence-electron chi connectivity index (χ4n) is 2.16. The van der Waals surface area contributed by atoms with E-state index >= 15 is 0 Å². The van der Waals surface area contributed by atoms with Crippen LogP contribution in [0.4, 0.5) is 4.39 Å². The van der Waals surface area contributed by atoms with E-state index < -0.39 is 5.91 Å². The lowest BCUT2D eigenvalue weighted by Gasteiger charge is -2.11. The normalized spacial score (nSPS) is 10.3. The van der Waals surface area contributed by atoms with Crippen molar-refractivity contribution in [2.24, 2.45) is 5.73 Å². The molecule has 3 aromatic rings. The maximum Gasteiger partial charge on any atom is 0.267 e. The number of aromatic nitrogens is 1. The number of para-hydroxylation sites is 1. The number of amides is 1. The van der Waals surface area contributed by atoms with E-state index in [0.717, 1.165) is 11.1 Å². The van der Waals surface area contributed by atoms with Crippen molar-refractivity contribution in [2.45, 2.75) is 0 Å². The van der Waals surface area contributed by atoms with Crippen molar-refractivity contribution in [3.05, 3.63) is 78.4 Å². The monoisotopic (exact) mass is 308 g/mol. The fraction of sp³-hybridized carbons (Fsp3) is 0. The first-order valence-electron chi connectivity index (χ1n) is 6.92. The molecule has 0 aliphatic carbocycles. The minimum Gasteiger partial charge on any atom is -0.457 e. The van der Waals surface area contributed by atoms with Gasteiger partial charge in [0.05, 0.1) is 0 Å². The van der Waals surface area contributed by atoms with Crippen LogP contribution in [0.5, 0.6) is 11.5 Å². The number of hydrogen-bond donors (Lipinski definition) is 1. The van der Waals surface area contributed by atoms with E-state index in [1.54, 1.807) is 30.3 Å². The average Bonchev–Trinajstić information content (AvgIpc) is 2.57. The molecule has 0 fully saturated rings. The second-order valence-corrected chi connectivity index (χ2v) is 4.85. The highest BCUT2D eigenvalue weighted by Gasteiger charge is 2.10. The Labute approximate surface area is 132 Å². The standard InChI is InChI=1S/C18H13FN2O2/c19-13-5-7-14(8-6-13)23-17-4-2-1-3-15(17)12-9-10-21-16(11-12)18(20)22/h1-11H,(H2,20,22). The molecule has 2 aromatic carbocycles. The van der Waals surface area contributed by atoms with Crippen LogP contribution in [0.15, 0.2) is 66.9 Å². The van der Waals surface area contributed by atoms with Crippen molar-refractivity contribution in [2.75, 3.05) is 0 Å². The van der Waals surface area contributed by atoms with Gasteiger partial charge in [-0.2, -0.15) is 0 Å². The van der Waals surface area contributed by atoms with Gasteiger partial charge in [-0.3, -0.25) is 9.78 Å². The Morgan fingerprint density at radius 1 is 1.04 bits per heavy atom. The number of carbonyl (C=O) groups is 1. The maximum atomic E-state index is 13.0. The molecule has 0 spiro atoms. The lowest BCUT2D eigenvalue weighted by molar-refractivity contribution is 0.0995. The van der Waals surface area contributed by atoms with Crippen molar-refractivity contribution in [3.8, 4) is 22.6 Å². The van der Waals surface area contributed by atoms with E-state index in [2.05, 4.69) is 4.98 Å². The summed E-state index contributed by atoms with van der Waals surface area (Å²) in [6.45, 7) is 0. The minimum absolute atomic E-state index is 0.180. The van der Waals surface area contributed by atoms with Gasteiger partial charge in [0.25, 0.3) is 5.91 Å². The number of hydrogen-bond acceptors (Lipinski definition) is 3. The third kappa shape index (κ3) is 3.35. The number of nitrogens with zero attached hydrogens (tertiary/aromatic N) is 1. The molecule has 2 N–H and O–H groups in total. The highest BCUT2D eigenvalue weighted by Crippen LogP contribution is 2.33. The van der Waals surface area contributed by atoms with Crippen LogP contribution in [-0.4, -0.2) is 10.9 Å². The van der Waals surface area contributed by atoms with Gasteiger partial charge < -0.3 is 10.5 Å². The van der Waals surface area contributed by atoms with Crippen LogP contribution in [-0.2, 0) is 0 Å². The largest absolute Gasteiger partial charge is 0.457 e. The zero-order valence-corrected chi connectivity index (χ0v) is 12.1. The molecule has 0 unspecified atom stereocenters. The molecular weight excluding hydrogens is 295 g/mol. The molecule has 4 nitrogen and oxygen atoms in total. The van der Waals surface area contributed by atoms with Gasteiger partial charge in [0.1, 0.15) is 23.0 Å². The summed E-state index contributed by atoms with van der Waals surface area (Å²) in [5.41, 5.74) is 6.98. The molecule has 0 atom stereocenters. The SMILES string of the molecule is NC(=O)c1cc(-c2ccccc2Oc2ccc(F)cc2)ccn1. The van der Waals surface area contributed by atoms with Crippen LogP contribution in [0.2, 0.25) is 0 Å². The molecule has 1 aromatic heterocycles. The third-order valence-corrected chi connectivity index (χ3v) is 3.25. The number of primary amides is 1. The van der Waals surface area contributed by atoms with Gasteiger partial charge in [-0.1, -0.05) is 18.2 Å². The molecular formula is C18H13FN2O2. The van der Waals surface area contributed by atoms with Crippen molar-refractivity contribution < 1.29 is 13.9 Å². The van der Waals surface area contributed by atoms with Gasteiger partial charge >= 0.3 is 0 Å². The molecule has 0 saturated heterocycles. The minimum atomic E-state index is -0.594. The van der Waals surface area contributed by atoms with Crippen LogP contribution >= 0.6 is 0 Å². The second kappa shape index (κ2) is 6.27. The van der Waals surface area contributed by atoms with E-state index in [9.17, 15) is 9.18 Å². The van der Waals surface area contributed by atoms with Crippen LogP contribution in [0, 0.1) is 5.82 Å². The summed E-state index contributed by atoms with van der Waals surface area (Å²) < 4.78 is 18.8.